The number of alkyl halides is 2. The van der Waals surface area contributed by atoms with Gasteiger partial charge in [-0.1, -0.05) is 30.8 Å². The van der Waals surface area contributed by atoms with Gasteiger partial charge in [-0.25, -0.2) is 13.8 Å². The Morgan fingerprint density at radius 1 is 1.07 bits per heavy atom. The van der Waals surface area contributed by atoms with Gasteiger partial charge in [-0.15, -0.1) is 0 Å². The number of nitrogens with zero attached hydrogens (tertiary/aromatic N) is 2. The maximum atomic E-state index is 13.0. The summed E-state index contributed by atoms with van der Waals surface area (Å²) in [5.74, 6) is 1.01. The van der Waals surface area contributed by atoms with Crippen molar-refractivity contribution in [3.05, 3.63) is 84.1 Å². The van der Waals surface area contributed by atoms with Crippen molar-refractivity contribution in [2.24, 2.45) is 0 Å². The highest BCUT2D eigenvalue weighted by Crippen LogP contribution is 2.31. The molecule has 3 nitrogen and oxygen atoms in total. The molecule has 0 amide bonds. The minimum absolute atomic E-state index is 0.00808. The molecule has 1 aliphatic rings. The molecule has 0 bridgehead atoms. The molecule has 0 unspecified atom stereocenters. The topological polar surface area (TPSA) is 28.2 Å². The highest BCUT2D eigenvalue weighted by Gasteiger charge is 2.15. The standard InChI is InChI=1S/C25H25F2N3/c1-17-8-9-22(29-18(2)19-6-5-7-21(14-19)25(26)27)16-23(17)20-10-11-28-24(15-20)30-12-3-4-13-30/h5-11,14-16,25,29H,2-4,12-13H2,1H3. The highest BCUT2D eigenvalue weighted by molar-refractivity contribution is 5.80. The van der Waals surface area contributed by atoms with Crippen LogP contribution in [0.4, 0.5) is 20.3 Å². The first-order valence-electron chi connectivity index (χ1n) is 10.2. The maximum absolute atomic E-state index is 13.0. The van der Waals surface area contributed by atoms with Crippen LogP contribution in [0.1, 0.15) is 36.0 Å². The molecule has 0 radical (unpaired) electrons. The zero-order valence-corrected chi connectivity index (χ0v) is 17.0. The summed E-state index contributed by atoms with van der Waals surface area (Å²) in [6, 6.07) is 16.6. The second-order valence-electron chi connectivity index (χ2n) is 7.66. The van der Waals surface area contributed by atoms with Gasteiger partial charge in [-0.3, -0.25) is 0 Å². The van der Waals surface area contributed by atoms with Gasteiger partial charge in [0.1, 0.15) is 5.82 Å². The number of hydrogen-bond acceptors (Lipinski definition) is 3. The van der Waals surface area contributed by atoms with Crippen molar-refractivity contribution < 1.29 is 8.78 Å². The Bertz CT molecular complexity index is 1060. The molecular weight excluding hydrogens is 380 g/mol. The maximum Gasteiger partial charge on any atom is 0.263 e. The van der Waals surface area contributed by atoms with Gasteiger partial charge in [0.25, 0.3) is 6.43 Å². The van der Waals surface area contributed by atoms with Crippen molar-refractivity contribution in [3.8, 4) is 11.1 Å². The number of nitrogens with one attached hydrogen (secondary N) is 1. The molecule has 0 saturated carbocycles. The van der Waals surface area contributed by atoms with Crippen LogP contribution < -0.4 is 10.2 Å². The smallest absolute Gasteiger partial charge is 0.263 e. The van der Waals surface area contributed by atoms with Crippen molar-refractivity contribution in [3.63, 3.8) is 0 Å². The fourth-order valence-corrected chi connectivity index (χ4v) is 3.82. The van der Waals surface area contributed by atoms with E-state index in [0.29, 0.717) is 11.3 Å². The molecule has 1 N–H and O–H groups in total. The lowest BCUT2D eigenvalue weighted by atomic mass is 10.00. The molecule has 5 heteroatoms. The lowest BCUT2D eigenvalue weighted by molar-refractivity contribution is 0.151. The van der Waals surface area contributed by atoms with Crippen LogP contribution in [-0.2, 0) is 0 Å². The number of hydrogen-bond donors (Lipinski definition) is 1. The third-order valence-electron chi connectivity index (χ3n) is 5.51. The molecule has 1 aromatic heterocycles. The number of aryl methyl sites for hydroxylation is 1. The average Bonchev–Trinajstić information content (AvgIpc) is 3.30. The van der Waals surface area contributed by atoms with E-state index in [1.54, 1.807) is 12.1 Å². The van der Waals surface area contributed by atoms with Crippen LogP contribution in [0.3, 0.4) is 0 Å². The van der Waals surface area contributed by atoms with Crippen LogP contribution in [0.2, 0.25) is 0 Å². The van der Waals surface area contributed by atoms with Gasteiger partial charge in [0.2, 0.25) is 0 Å². The minimum Gasteiger partial charge on any atom is -0.357 e. The Morgan fingerprint density at radius 2 is 1.87 bits per heavy atom. The summed E-state index contributed by atoms with van der Waals surface area (Å²) in [4.78, 5) is 6.86. The van der Waals surface area contributed by atoms with Gasteiger partial charge in [0.15, 0.2) is 0 Å². The number of aromatic nitrogens is 1. The first-order chi connectivity index (χ1) is 14.5. The first-order valence-corrected chi connectivity index (χ1v) is 10.2. The van der Waals surface area contributed by atoms with Gasteiger partial charge < -0.3 is 10.2 Å². The van der Waals surface area contributed by atoms with E-state index < -0.39 is 6.43 Å². The minimum atomic E-state index is -2.50. The van der Waals surface area contributed by atoms with E-state index in [4.69, 9.17) is 0 Å². The molecule has 3 aromatic rings. The first kappa shape index (κ1) is 20.1. The Morgan fingerprint density at radius 3 is 2.63 bits per heavy atom. The average molecular weight is 405 g/mol. The molecule has 2 heterocycles. The van der Waals surface area contributed by atoms with E-state index >= 15 is 0 Å². The van der Waals surface area contributed by atoms with Gasteiger partial charge in [0, 0.05) is 36.2 Å². The Balaban J connectivity index is 1.59. The van der Waals surface area contributed by atoms with Crippen LogP contribution in [0.15, 0.2) is 67.4 Å². The van der Waals surface area contributed by atoms with Crippen LogP contribution in [0.5, 0.6) is 0 Å². The molecule has 0 spiro atoms. The number of rotatable bonds is 6. The lowest BCUT2D eigenvalue weighted by Gasteiger charge is -2.18. The van der Waals surface area contributed by atoms with Crippen LogP contribution in [0.25, 0.3) is 16.8 Å². The zero-order valence-electron chi connectivity index (χ0n) is 17.0. The number of benzene rings is 2. The van der Waals surface area contributed by atoms with Crippen LogP contribution in [0, 0.1) is 6.92 Å². The third-order valence-corrected chi connectivity index (χ3v) is 5.51. The number of anilines is 2. The van der Waals surface area contributed by atoms with E-state index in [9.17, 15) is 8.78 Å². The molecule has 1 aliphatic heterocycles. The summed E-state index contributed by atoms with van der Waals surface area (Å²) in [6.45, 7) is 8.22. The molecule has 2 aromatic carbocycles. The molecule has 0 aliphatic carbocycles. The number of pyridine rings is 1. The van der Waals surface area contributed by atoms with Crippen LogP contribution in [-0.4, -0.2) is 18.1 Å². The second kappa shape index (κ2) is 8.66. The normalized spacial score (nSPS) is 13.7. The Kier molecular flexibility index (Phi) is 5.79. The van der Waals surface area contributed by atoms with Crippen molar-refractivity contribution in [1.29, 1.82) is 0 Å². The quantitative estimate of drug-likeness (QED) is 0.496. The Labute approximate surface area is 176 Å². The van der Waals surface area contributed by atoms with Gasteiger partial charge in [-0.2, -0.15) is 0 Å². The van der Waals surface area contributed by atoms with E-state index in [-0.39, 0.29) is 5.56 Å². The van der Waals surface area contributed by atoms with Crippen molar-refractivity contribution >= 4 is 17.2 Å². The van der Waals surface area contributed by atoms with E-state index in [0.717, 1.165) is 41.3 Å². The fraction of sp³-hybridized carbons (Fsp3) is 0.240. The lowest BCUT2D eigenvalue weighted by Crippen LogP contribution is -2.18. The summed E-state index contributed by atoms with van der Waals surface area (Å²) >= 11 is 0. The van der Waals surface area contributed by atoms with Gasteiger partial charge >= 0.3 is 0 Å². The summed E-state index contributed by atoms with van der Waals surface area (Å²) in [5.41, 5.74) is 5.46. The predicted molar refractivity (Wildman–Crippen MR) is 120 cm³/mol. The molecule has 1 saturated heterocycles. The predicted octanol–water partition coefficient (Wildman–Crippen LogP) is 6.68. The monoisotopic (exact) mass is 405 g/mol. The fourth-order valence-electron chi connectivity index (χ4n) is 3.82. The Hall–Kier alpha value is -3.21. The van der Waals surface area contributed by atoms with Crippen molar-refractivity contribution in [2.45, 2.75) is 26.2 Å². The molecular formula is C25H25F2N3. The molecule has 1 fully saturated rings. The number of halogens is 2. The molecule has 30 heavy (non-hydrogen) atoms. The molecule has 0 atom stereocenters. The van der Waals surface area contributed by atoms with E-state index in [2.05, 4.69) is 46.9 Å². The summed E-state index contributed by atoms with van der Waals surface area (Å²) in [6.07, 6.45) is 1.77. The van der Waals surface area contributed by atoms with Crippen LogP contribution >= 0.6 is 0 Å². The van der Waals surface area contributed by atoms with Crippen molar-refractivity contribution in [2.75, 3.05) is 23.3 Å². The van der Waals surface area contributed by atoms with Crippen molar-refractivity contribution in [1.82, 2.24) is 4.98 Å². The van der Waals surface area contributed by atoms with E-state index in [1.807, 2.05) is 18.3 Å². The summed E-state index contributed by atoms with van der Waals surface area (Å²) in [5, 5.41) is 3.27. The second-order valence-corrected chi connectivity index (χ2v) is 7.66. The summed E-state index contributed by atoms with van der Waals surface area (Å²) < 4.78 is 26.0. The molecule has 154 valence electrons. The highest BCUT2D eigenvalue weighted by atomic mass is 19.3. The summed E-state index contributed by atoms with van der Waals surface area (Å²) in [7, 11) is 0. The largest absolute Gasteiger partial charge is 0.357 e. The zero-order chi connectivity index (χ0) is 21.1. The van der Waals surface area contributed by atoms with E-state index in [1.165, 1.54) is 25.0 Å². The SMILES string of the molecule is C=C(Nc1ccc(C)c(-c2ccnc(N3CCCC3)c2)c1)c1cccc(C(F)F)c1. The third kappa shape index (κ3) is 4.35. The van der Waals surface area contributed by atoms with Gasteiger partial charge in [0.05, 0.1) is 0 Å². The molecule has 4 rings (SSSR count). The van der Waals surface area contributed by atoms with Gasteiger partial charge in [-0.05, 0) is 72.4 Å².